The third-order valence-electron chi connectivity index (χ3n) is 5.69. The van der Waals surface area contributed by atoms with Crippen LogP contribution in [0, 0.1) is 5.92 Å². The summed E-state index contributed by atoms with van der Waals surface area (Å²) in [7, 11) is -4.03. The molecule has 2 fully saturated rings. The highest BCUT2D eigenvalue weighted by Crippen LogP contribution is 2.34. The minimum absolute atomic E-state index is 0.0904. The number of rotatable bonds is 6. The van der Waals surface area contributed by atoms with Crippen LogP contribution in [0.3, 0.4) is 0 Å². The maximum Gasteiger partial charge on any atom is 0.259 e. The Morgan fingerprint density at radius 1 is 1.22 bits per heavy atom. The molecule has 172 valence electrons. The first kappa shape index (κ1) is 22.5. The molecule has 2 aromatic heterocycles. The number of nitrogens with one attached hydrogen (secondary N) is 1. The van der Waals surface area contributed by atoms with Gasteiger partial charge in [-0.3, -0.25) is 4.79 Å². The largest absolute Gasteiger partial charge is 0.356 e. The van der Waals surface area contributed by atoms with Crippen LogP contribution >= 0.6 is 0 Å². The average molecular weight is 466 g/mol. The molecule has 2 aliphatic rings. The van der Waals surface area contributed by atoms with Crippen molar-refractivity contribution in [3.63, 3.8) is 0 Å². The van der Waals surface area contributed by atoms with Gasteiger partial charge in [0.15, 0.2) is 5.03 Å². The zero-order valence-corrected chi connectivity index (χ0v) is 18.2. The number of pyridine rings is 2. The van der Waals surface area contributed by atoms with Gasteiger partial charge in [0.25, 0.3) is 15.9 Å². The van der Waals surface area contributed by atoms with Gasteiger partial charge in [-0.2, -0.15) is 0 Å². The van der Waals surface area contributed by atoms with Gasteiger partial charge in [0.1, 0.15) is 5.82 Å². The summed E-state index contributed by atoms with van der Waals surface area (Å²) in [5, 5.41) is 7.41. The van der Waals surface area contributed by atoms with Crippen LogP contribution in [0.2, 0.25) is 0 Å². The Hall–Kier alpha value is -2.66. The Kier molecular flexibility index (Phi) is 6.13. The molecule has 0 bridgehead atoms. The van der Waals surface area contributed by atoms with Crippen LogP contribution in [0.5, 0.6) is 0 Å². The van der Waals surface area contributed by atoms with Gasteiger partial charge in [-0.05, 0) is 49.3 Å². The molecular formula is C21H25F2N5O3S. The van der Waals surface area contributed by atoms with E-state index >= 15 is 0 Å². The number of nitrogens with two attached hydrogens (primary N) is 1. The maximum atomic E-state index is 13.9. The third-order valence-corrected chi connectivity index (χ3v) is 6.50. The molecule has 3 N–H and O–H groups in total. The standard InChI is InChI=1S/C21H25F2N5O3S/c22-21(23)5-1-8-28(9-6-21)19-17(11-15(13-26-19)10-14-2-3-14)20(29)27-16-4-7-25-18(12-16)32(24,30)31/h4,7,11-14H,1-3,5-6,8-10H2,(H2,24,30,31)(H,25,27,29). The van der Waals surface area contributed by atoms with E-state index < -0.39 is 21.9 Å². The summed E-state index contributed by atoms with van der Waals surface area (Å²) < 4.78 is 50.8. The Labute approximate surface area is 185 Å². The van der Waals surface area contributed by atoms with E-state index in [9.17, 15) is 22.0 Å². The summed E-state index contributed by atoms with van der Waals surface area (Å²) in [5.41, 5.74) is 1.37. The van der Waals surface area contributed by atoms with Crippen molar-refractivity contribution in [1.82, 2.24) is 9.97 Å². The van der Waals surface area contributed by atoms with Crippen molar-refractivity contribution in [2.45, 2.75) is 49.5 Å². The van der Waals surface area contributed by atoms with Crippen LogP contribution in [-0.4, -0.2) is 43.3 Å². The second-order valence-electron chi connectivity index (χ2n) is 8.44. The fraction of sp³-hybridized carbons (Fsp3) is 0.476. The average Bonchev–Trinajstić information content (AvgIpc) is 3.55. The summed E-state index contributed by atoms with van der Waals surface area (Å²) in [5.74, 6) is -2.31. The van der Waals surface area contributed by atoms with Crippen molar-refractivity contribution in [1.29, 1.82) is 0 Å². The molecule has 1 aliphatic carbocycles. The second kappa shape index (κ2) is 8.70. The molecule has 0 spiro atoms. The lowest BCUT2D eigenvalue weighted by Gasteiger charge is -2.24. The summed E-state index contributed by atoms with van der Waals surface area (Å²) in [6, 6.07) is 4.36. The van der Waals surface area contributed by atoms with Crippen LogP contribution in [0.4, 0.5) is 20.3 Å². The Bertz CT molecular complexity index is 1120. The Morgan fingerprint density at radius 2 is 2.00 bits per heavy atom. The number of halogens is 2. The summed E-state index contributed by atoms with van der Waals surface area (Å²) in [4.78, 5) is 23.1. The molecule has 1 saturated heterocycles. The van der Waals surface area contributed by atoms with E-state index in [-0.39, 0.29) is 35.7 Å². The number of aromatic nitrogens is 2. The fourth-order valence-corrected chi connectivity index (χ4v) is 4.30. The lowest BCUT2D eigenvalue weighted by molar-refractivity contribution is -0.0102. The first-order valence-electron chi connectivity index (χ1n) is 10.5. The van der Waals surface area contributed by atoms with Gasteiger partial charge in [-0.25, -0.2) is 32.3 Å². The van der Waals surface area contributed by atoms with Crippen LogP contribution in [0.15, 0.2) is 35.6 Å². The van der Waals surface area contributed by atoms with Gasteiger partial charge in [-0.15, -0.1) is 0 Å². The van der Waals surface area contributed by atoms with E-state index in [0.29, 0.717) is 24.7 Å². The number of alkyl halides is 2. The Balaban J connectivity index is 1.63. The number of carbonyl (C=O) groups excluding carboxylic acids is 1. The zero-order valence-electron chi connectivity index (χ0n) is 17.4. The topological polar surface area (TPSA) is 118 Å². The van der Waals surface area contributed by atoms with E-state index in [1.807, 2.05) is 0 Å². The highest BCUT2D eigenvalue weighted by Gasteiger charge is 2.33. The van der Waals surface area contributed by atoms with Crippen molar-refractivity contribution >= 4 is 27.4 Å². The molecule has 2 aromatic rings. The van der Waals surface area contributed by atoms with Crippen LogP contribution in [-0.2, 0) is 16.4 Å². The van der Waals surface area contributed by atoms with Crippen molar-refractivity contribution in [2.75, 3.05) is 23.3 Å². The maximum absolute atomic E-state index is 13.9. The fourth-order valence-electron chi connectivity index (χ4n) is 3.80. The second-order valence-corrected chi connectivity index (χ2v) is 9.95. The van der Waals surface area contributed by atoms with E-state index in [1.54, 1.807) is 17.2 Å². The van der Waals surface area contributed by atoms with Crippen LogP contribution in [0.1, 0.15) is 48.0 Å². The molecule has 0 radical (unpaired) electrons. The van der Waals surface area contributed by atoms with E-state index in [4.69, 9.17) is 5.14 Å². The van der Waals surface area contributed by atoms with Gasteiger partial charge in [0, 0.05) is 50.1 Å². The van der Waals surface area contributed by atoms with Gasteiger partial charge < -0.3 is 10.2 Å². The smallest absolute Gasteiger partial charge is 0.259 e. The number of hydrogen-bond donors (Lipinski definition) is 2. The number of carbonyl (C=O) groups is 1. The predicted molar refractivity (Wildman–Crippen MR) is 115 cm³/mol. The molecule has 1 amide bonds. The lowest BCUT2D eigenvalue weighted by Crippen LogP contribution is -2.29. The minimum Gasteiger partial charge on any atom is -0.356 e. The highest BCUT2D eigenvalue weighted by molar-refractivity contribution is 7.89. The minimum atomic E-state index is -4.03. The van der Waals surface area contributed by atoms with E-state index in [0.717, 1.165) is 24.8 Å². The molecule has 0 unspecified atom stereocenters. The lowest BCUT2D eigenvalue weighted by atomic mass is 10.1. The molecule has 4 rings (SSSR count). The predicted octanol–water partition coefficient (Wildman–Crippen LogP) is 2.95. The molecule has 11 heteroatoms. The summed E-state index contributed by atoms with van der Waals surface area (Å²) >= 11 is 0. The van der Waals surface area contributed by atoms with Gasteiger partial charge in [-0.1, -0.05) is 0 Å². The molecular weight excluding hydrogens is 440 g/mol. The van der Waals surface area contributed by atoms with Crippen molar-refractivity contribution < 1.29 is 22.0 Å². The van der Waals surface area contributed by atoms with Crippen molar-refractivity contribution in [3.05, 3.63) is 41.7 Å². The number of nitrogens with zero attached hydrogens (tertiary/aromatic N) is 3. The summed E-state index contributed by atoms with van der Waals surface area (Å²) in [6.07, 6.45) is 5.81. The molecule has 1 saturated carbocycles. The van der Waals surface area contributed by atoms with Crippen molar-refractivity contribution in [3.8, 4) is 0 Å². The SMILES string of the molecule is NS(=O)(=O)c1cc(NC(=O)c2cc(CC3CC3)cnc2N2CCCC(F)(F)CC2)ccn1. The number of sulfonamides is 1. The number of primary sulfonamides is 1. The molecule has 0 atom stereocenters. The summed E-state index contributed by atoms with van der Waals surface area (Å²) in [6.45, 7) is 0.461. The Morgan fingerprint density at radius 3 is 2.72 bits per heavy atom. The molecule has 0 aromatic carbocycles. The van der Waals surface area contributed by atoms with Gasteiger partial charge in [0.2, 0.25) is 5.92 Å². The monoisotopic (exact) mass is 465 g/mol. The highest BCUT2D eigenvalue weighted by atomic mass is 32.2. The first-order chi connectivity index (χ1) is 15.1. The van der Waals surface area contributed by atoms with Gasteiger partial charge >= 0.3 is 0 Å². The molecule has 32 heavy (non-hydrogen) atoms. The zero-order chi connectivity index (χ0) is 22.9. The van der Waals surface area contributed by atoms with Crippen molar-refractivity contribution in [2.24, 2.45) is 11.1 Å². The third kappa shape index (κ3) is 5.57. The van der Waals surface area contributed by atoms with Crippen LogP contribution < -0.4 is 15.4 Å². The number of amides is 1. The molecule has 3 heterocycles. The first-order valence-corrected chi connectivity index (χ1v) is 12.1. The molecule has 8 nitrogen and oxygen atoms in total. The normalized spacial score (nSPS) is 18.8. The number of hydrogen-bond acceptors (Lipinski definition) is 6. The quantitative estimate of drug-likeness (QED) is 0.677. The molecule has 1 aliphatic heterocycles. The van der Waals surface area contributed by atoms with Gasteiger partial charge in [0.05, 0.1) is 5.56 Å². The van der Waals surface area contributed by atoms with E-state index in [2.05, 4.69) is 15.3 Å². The number of anilines is 2. The van der Waals surface area contributed by atoms with Crippen LogP contribution in [0.25, 0.3) is 0 Å². The van der Waals surface area contributed by atoms with E-state index in [1.165, 1.54) is 18.3 Å².